The molecule has 0 spiro atoms. The molecule has 0 radical (unpaired) electrons. The molecule has 1 saturated heterocycles. The summed E-state index contributed by atoms with van der Waals surface area (Å²) in [5, 5.41) is 11.9. The van der Waals surface area contributed by atoms with Gasteiger partial charge in [0.1, 0.15) is 11.6 Å². The molecule has 1 aliphatic rings. The zero-order chi connectivity index (χ0) is 22.6. The Kier molecular flexibility index (Phi) is 5.80. The monoisotopic (exact) mass is 439 g/mol. The van der Waals surface area contributed by atoms with Crippen LogP contribution in [-0.4, -0.2) is 43.7 Å². The van der Waals surface area contributed by atoms with Crippen molar-refractivity contribution < 1.29 is 4.79 Å². The zero-order valence-electron chi connectivity index (χ0n) is 18.4. The lowest BCUT2D eigenvalue weighted by atomic mass is 9.97. The fourth-order valence-electron chi connectivity index (χ4n) is 4.14. The first-order chi connectivity index (χ1) is 16.2. The molecular formula is C25H25N7O. The van der Waals surface area contributed by atoms with Crippen LogP contribution in [0.2, 0.25) is 0 Å². The first-order valence-electron chi connectivity index (χ1n) is 11.1. The molecule has 0 aliphatic carbocycles. The summed E-state index contributed by atoms with van der Waals surface area (Å²) < 4.78 is 1.92. The highest BCUT2D eigenvalue weighted by Gasteiger charge is 2.27. The average molecular weight is 440 g/mol. The van der Waals surface area contributed by atoms with E-state index in [1.807, 2.05) is 78.4 Å². The van der Waals surface area contributed by atoms with E-state index in [0.717, 1.165) is 42.3 Å². The molecule has 0 saturated carbocycles. The number of imidazole rings is 1. The summed E-state index contributed by atoms with van der Waals surface area (Å²) in [6.07, 6.45) is 5.40. The number of nitrogens with zero attached hydrogens (tertiary/aromatic N) is 6. The van der Waals surface area contributed by atoms with Crippen LogP contribution >= 0.6 is 0 Å². The molecule has 166 valence electrons. The van der Waals surface area contributed by atoms with Gasteiger partial charge in [-0.25, -0.2) is 9.97 Å². The Morgan fingerprint density at radius 2 is 1.82 bits per heavy atom. The fraction of sp³-hybridized carbons (Fsp3) is 0.240. The van der Waals surface area contributed by atoms with Crippen LogP contribution in [0.4, 0.5) is 11.6 Å². The van der Waals surface area contributed by atoms with Crippen LogP contribution in [-0.2, 0) is 4.79 Å². The Bertz CT molecular complexity index is 1240. The molecule has 1 amide bonds. The summed E-state index contributed by atoms with van der Waals surface area (Å²) in [5.74, 6) is 2.75. The largest absolute Gasteiger partial charge is 0.354 e. The molecule has 4 heterocycles. The standard InChI is InChI=1S/C25H25N7O/c1-18-7-5-11-21(27-18)28-25(33)20-10-6-15-31(17-20)22-12-13-23(30-29-22)32-16-14-26-24(32)19-8-3-2-4-9-19/h2-5,7-9,11-14,16,20H,6,10,15,17H2,1H3,(H,27,28,33). The second-order valence-electron chi connectivity index (χ2n) is 8.18. The molecule has 33 heavy (non-hydrogen) atoms. The molecule has 5 rings (SSSR count). The molecule has 1 atom stereocenters. The van der Waals surface area contributed by atoms with E-state index in [1.54, 1.807) is 6.20 Å². The van der Waals surface area contributed by atoms with Gasteiger partial charge in [-0.15, -0.1) is 10.2 Å². The number of hydrogen-bond acceptors (Lipinski definition) is 6. The van der Waals surface area contributed by atoms with Gasteiger partial charge in [0.25, 0.3) is 0 Å². The number of benzene rings is 1. The number of aromatic nitrogens is 5. The third kappa shape index (κ3) is 4.59. The summed E-state index contributed by atoms with van der Waals surface area (Å²) in [6.45, 7) is 3.36. The van der Waals surface area contributed by atoms with Crippen LogP contribution in [0.3, 0.4) is 0 Å². The van der Waals surface area contributed by atoms with Gasteiger partial charge in [-0.3, -0.25) is 9.36 Å². The second-order valence-corrected chi connectivity index (χ2v) is 8.18. The minimum atomic E-state index is -0.124. The van der Waals surface area contributed by atoms with Crippen molar-refractivity contribution in [2.24, 2.45) is 5.92 Å². The number of nitrogens with one attached hydrogen (secondary N) is 1. The van der Waals surface area contributed by atoms with Crippen molar-refractivity contribution in [3.63, 3.8) is 0 Å². The molecule has 1 aliphatic heterocycles. The number of pyridine rings is 1. The van der Waals surface area contributed by atoms with E-state index in [1.165, 1.54) is 0 Å². The van der Waals surface area contributed by atoms with E-state index >= 15 is 0 Å². The molecule has 1 unspecified atom stereocenters. The number of aryl methyl sites for hydroxylation is 1. The maximum atomic E-state index is 12.8. The van der Waals surface area contributed by atoms with Crippen LogP contribution < -0.4 is 10.2 Å². The number of anilines is 2. The highest BCUT2D eigenvalue weighted by Crippen LogP contribution is 2.24. The lowest BCUT2D eigenvalue weighted by molar-refractivity contribution is -0.120. The van der Waals surface area contributed by atoms with Crippen molar-refractivity contribution >= 4 is 17.5 Å². The van der Waals surface area contributed by atoms with Gasteiger partial charge in [-0.1, -0.05) is 36.4 Å². The summed E-state index contributed by atoms with van der Waals surface area (Å²) in [7, 11) is 0. The quantitative estimate of drug-likeness (QED) is 0.508. The van der Waals surface area contributed by atoms with Crippen molar-refractivity contribution in [1.82, 2.24) is 24.7 Å². The summed E-state index contributed by atoms with van der Waals surface area (Å²) in [4.78, 5) is 23.8. The molecule has 0 bridgehead atoms. The Labute approximate surface area is 192 Å². The molecule has 1 fully saturated rings. The van der Waals surface area contributed by atoms with Gasteiger partial charge < -0.3 is 10.2 Å². The molecule has 8 heteroatoms. The third-order valence-electron chi connectivity index (χ3n) is 5.81. The zero-order valence-corrected chi connectivity index (χ0v) is 18.4. The Morgan fingerprint density at radius 3 is 2.61 bits per heavy atom. The lowest BCUT2D eigenvalue weighted by Gasteiger charge is -2.32. The van der Waals surface area contributed by atoms with Crippen molar-refractivity contribution in [1.29, 1.82) is 0 Å². The van der Waals surface area contributed by atoms with Crippen molar-refractivity contribution in [2.45, 2.75) is 19.8 Å². The maximum Gasteiger partial charge on any atom is 0.230 e. The van der Waals surface area contributed by atoms with Gasteiger partial charge in [0, 0.05) is 36.7 Å². The predicted molar refractivity (Wildman–Crippen MR) is 127 cm³/mol. The number of piperidine rings is 1. The normalized spacial score (nSPS) is 15.9. The molecule has 3 aromatic heterocycles. The van der Waals surface area contributed by atoms with E-state index in [4.69, 9.17) is 0 Å². The van der Waals surface area contributed by atoms with Crippen molar-refractivity contribution in [3.05, 3.63) is 78.8 Å². The van der Waals surface area contributed by atoms with Gasteiger partial charge in [-0.05, 0) is 44.0 Å². The highest BCUT2D eigenvalue weighted by atomic mass is 16.2. The number of carbonyl (C=O) groups is 1. The molecule has 8 nitrogen and oxygen atoms in total. The van der Waals surface area contributed by atoms with Crippen molar-refractivity contribution in [3.8, 4) is 17.2 Å². The molecule has 4 aromatic rings. The lowest BCUT2D eigenvalue weighted by Crippen LogP contribution is -2.41. The van der Waals surface area contributed by atoms with E-state index in [9.17, 15) is 4.79 Å². The van der Waals surface area contributed by atoms with Crippen LogP contribution in [0.5, 0.6) is 0 Å². The highest BCUT2D eigenvalue weighted by molar-refractivity contribution is 5.92. The summed E-state index contributed by atoms with van der Waals surface area (Å²) in [5.41, 5.74) is 1.89. The third-order valence-corrected chi connectivity index (χ3v) is 5.81. The van der Waals surface area contributed by atoms with E-state index < -0.39 is 0 Å². The van der Waals surface area contributed by atoms with Crippen LogP contribution in [0.1, 0.15) is 18.5 Å². The van der Waals surface area contributed by atoms with Gasteiger partial charge in [0.05, 0.1) is 5.92 Å². The van der Waals surface area contributed by atoms with Gasteiger partial charge in [0.15, 0.2) is 11.6 Å². The topological polar surface area (TPSA) is 88.8 Å². The molecule has 1 aromatic carbocycles. The molecular weight excluding hydrogens is 414 g/mol. The van der Waals surface area contributed by atoms with Crippen LogP contribution in [0, 0.1) is 12.8 Å². The smallest absolute Gasteiger partial charge is 0.230 e. The Hall–Kier alpha value is -4.07. The first kappa shape index (κ1) is 20.8. The summed E-state index contributed by atoms with van der Waals surface area (Å²) in [6, 6.07) is 19.5. The van der Waals surface area contributed by atoms with Crippen molar-refractivity contribution in [2.75, 3.05) is 23.3 Å². The van der Waals surface area contributed by atoms with E-state index in [0.29, 0.717) is 18.2 Å². The molecule has 1 N–H and O–H groups in total. The first-order valence-corrected chi connectivity index (χ1v) is 11.1. The number of rotatable bonds is 5. The predicted octanol–water partition coefficient (Wildman–Crippen LogP) is 3.89. The number of hydrogen-bond donors (Lipinski definition) is 1. The Balaban J connectivity index is 1.29. The minimum absolute atomic E-state index is 0.00621. The average Bonchev–Trinajstić information content (AvgIpc) is 3.35. The fourth-order valence-corrected chi connectivity index (χ4v) is 4.14. The maximum absolute atomic E-state index is 12.8. The van der Waals surface area contributed by atoms with Crippen LogP contribution in [0.15, 0.2) is 73.1 Å². The number of carbonyl (C=O) groups excluding carboxylic acids is 1. The SMILES string of the molecule is Cc1cccc(NC(=O)C2CCCN(c3ccc(-n4ccnc4-c4ccccc4)nn3)C2)n1. The van der Waals surface area contributed by atoms with Gasteiger partial charge in [0.2, 0.25) is 5.91 Å². The Morgan fingerprint density at radius 1 is 1.00 bits per heavy atom. The second kappa shape index (κ2) is 9.20. The van der Waals surface area contributed by atoms with Gasteiger partial charge in [-0.2, -0.15) is 0 Å². The minimum Gasteiger partial charge on any atom is -0.354 e. The van der Waals surface area contributed by atoms with E-state index in [2.05, 4.69) is 30.4 Å². The van der Waals surface area contributed by atoms with Gasteiger partial charge >= 0.3 is 0 Å². The van der Waals surface area contributed by atoms with E-state index in [-0.39, 0.29) is 11.8 Å². The van der Waals surface area contributed by atoms with Crippen LogP contribution in [0.25, 0.3) is 17.2 Å². The number of amides is 1. The summed E-state index contributed by atoms with van der Waals surface area (Å²) >= 11 is 0.